The van der Waals surface area contributed by atoms with Crippen LogP contribution in [-0.2, 0) is 4.79 Å². The summed E-state index contributed by atoms with van der Waals surface area (Å²) in [5, 5.41) is 18.8. The summed E-state index contributed by atoms with van der Waals surface area (Å²) >= 11 is 0. The second kappa shape index (κ2) is 4.92. The Bertz CT molecular complexity index is 454. The van der Waals surface area contributed by atoms with Crippen molar-refractivity contribution in [2.24, 2.45) is 0 Å². The van der Waals surface area contributed by atoms with Crippen molar-refractivity contribution in [3.63, 3.8) is 0 Å². The maximum absolute atomic E-state index is 10.4. The highest BCUT2D eigenvalue weighted by atomic mass is 16.6. The largest absolute Gasteiger partial charge is 0.481 e. The molecule has 1 rings (SSSR count). The lowest BCUT2D eigenvalue weighted by Gasteiger charge is -1.99. The van der Waals surface area contributed by atoms with Crippen LogP contribution in [0.1, 0.15) is 12.0 Å². The molecule has 84 valence electrons. The molecule has 0 aliphatic carbocycles. The van der Waals surface area contributed by atoms with Gasteiger partial charge in [0.25, 0.3) is 5.69 Å². The molecule has 0 aliphatic heterocycles. The van der Waals surface area contributed by atoms with Gasteiger partial charge in [-0.1, -0.05) is 12.2 Å². The van der Waals surface area contributed by atoms with Crippen molar-refractivity contribution >= 4 is 23.4 Å². The van der Waals surface area contributed by atoms with Crippen molar-refractivity contribution in [2.75, 3.05) is 5.73 Å². The van der Waals surface area contributed by atoms with E-state index in [0.717, 1.165) is 0 Å². The van der Waals surface area contributed by atoms with Gasteiger partial charge in [-0.05, 0) is 11.6 Å². The van der Waals surface area contributed by atoms with Crippen LogP contribution >= 0.6 is 0 Å². The average Bonchev–Trinajstić information content (AvgIpc) is 2.19. The molecule has 0 spiro atoms. The van der Waals surface area contributed by atoms with Crippen LogP contribution < -0.4 is 5.73 Å². The predicted molar refractivity (Wildman–Crippen MR) is 58.8 cm³/mol. The molecule has 0 amide bonds. The molecule has 0 unspecified atom stereocenters. The van der Waals surface area contributed by atoms with E-state index < -0.39 is 10.9 Å². The monoisotopic (exact) mass is 222 g/mol. The minimum atomic E-state index is -0.947. The number of hydrogen-bond acceptors (Lipinski definition) is 4. The van der Waals surface area contributed by atoms with Gasteiger partial charge in [-0.15, -0.1) is 0 Å². The van der Waals surface area contributed by atoms with Gasteiger partial charge in [0.2, 0.25) is 0 Å². The summed E-state index contributed by atoms with van der Waals surface area (Å²) in [5.74, 6) is -0.947. The predicted octanol–water partition coefficient (Wildman–Crippen LogP) is 1.66. The smallest absolute Gasteiger partial charge is 0.307 e. The lowest BCUT2D eigenvalue weighted by atomic mass is 10.1. The maximum atomic E-state index is 10.4. The molecule has 1 aromatic rings. The molecule has 3 N–H and O–H groups in total. The fourth-order valence-electron chi connectivity index (χ4n) is 1.11. The van der Waals surface area contributed by atoms with Gasteiger partial charge in [0.1, 0.15) is 0 Å². The van der Waals surface area contributed by atoms with Crippen LogP contribution in [0.5, 0.6) is 0 Å². The molecule has 0 aliphatic rings. The van der Waals surface area contributed by atoms with E-state index in [-0.39, 0.29) is 17.8 Å². The highest BCUT2D eigenvalue weighted by molar-refractivity contribution is 5.72. The van der Waals surface area contributed by atoms with Gasteiger partial charge in [0, 0.05) is 17.8 Å². The number of carboxylic acids is 1. The van der Waals surface area contributed by atoms with Gasteiger partial charge in [-0.2, -0.15) is 0 Å². The number of hydrogen-bond donors (Lipinski definition) is 2. The van der Waals surface area contributed by atoms with Crippen LogP contribution in [-0.4, -0.2) is 16.0 Å². The molecule has 6 nitrogen and oxygen atoms in total. The first-order valence-corrected chi connectivity index (χ1v) is 4.43. The van der Waals surface area contributed by atoms with Crippen molar-refractivity contribution in [1.82, 2.24) is 0 Å². The molecule has 6 heteroatoms. The van der Waals surface area contributed by atoms with E-state index in [1.54, 1.807) is 0 Å². The van der Waals surface area contributed by atoms with Crippen molar-refractivity contribution in [2.45, 2.75) is 6.42 Å². The van der Waals surface area contributed by atoms with Crippen molar-refractivity contribution in [1.29, 1.82) is 0 Å². The number of nitro groups is 1. The first-order chi connectivity index (χ1) is 7.50. The molecule has 0 heterocycles. The summed E-state index contributed by atoms with van der Waals surface area (Å²) in [5.41, 5.74) is 6.29. The van der Waals surface area contributed by atoms with Crippen LogP contribution in [0.3, 0.4) is 0 Å². The summed E-state index contributed by atoms with van der Waals surface area (Å²) in [4.78, 5) is 20.1. The number of aliphatic carboxylic acids is 1. The number of carboxylic acid groups (broad SMARTS) is 1. The van der Waals surface area contributed by atoms with E-state index in [2.05, 4.69) is 0 Å². The van der Waals surface area contributed by atoms with E-state index in [1.165, 1.54) is 30.4 Å². The highest BCUT2D eigenvalue weighted by Crippen LogP contribution is 2.20. The van der Waals surface area contributed by atoms with E-state index in [9.17, 15) is 14.9 Å². The minimum Gasteiger partial charge on any atom is -0.481 e. The summed E-state index contributed by atoms with van der Waals surface area (Å²) in [6, 6.07) is 4.03. The molecule has 0 saturated heterocycles. The number of nitro benzene ring substituents is 1. The molecule has 0 fully saturated rings. The zero-order valence-corrected chi connectivity index (χ0v) is 8.29. The molecule has 0 radical (unpaired) electrons. The zero-order chi connectivity index (χ0) is 12.1. The zero-order valence-electron chi connectivity index (χ0n) is 8.29. The number of anilines is 1. The normalized spacial score (nSPS) is 10.5. The van der Waals surface area contributed by atoms with Crippen LogP contribution in [0.4, 0.5) is 11.4 Å². The van der Waals surface area contributed by atoms with Crippen LogP contribution in [0.25, 0.3) is 6.08 Å². The number of non-ortho nitro benzene ring substituents is 1. The Labute approximate surface area is 91.2 Å². The first-order valence-electron chi connectivity index (χ1n) is 4.43. The van der Waals surface area contributed by atoms with Gasteiger partial charge in [-0.25, -0.2) is 0 Å². The first kappa shape index (κ1) is 11.7. The SMILES string of the molecule is Nc1cc([N+](=O)[O-])ccc1C=CCC(=O)O. The molecular formula is C10H10N2O4. The van der Waals surface area contributed by atoms with E-state index in [0.29, 0.717) is 5.56 Å². The Kier molecular flexibility index (Phi) is 3.60. The van der Waals surface area contributed by atoms with Gasteiger partial charge in [0.05, 0.1) is 11.3 Å². The third kappa shape index (κ3) is 3.09. The number of nitrogens with zero attached hydrogens (tertiary/aromatic N) is 1. The Morgan fingerprint density at radius 2 is 2.25 bits per heavy atom. The van der Waals surface area contributed by atoms with E-state index in [1.807, 2.05) is 0 Å². The molecular weight excluding hydrogens is 212 g/mol. The average molecular weight is 222 g/mol. The quantitative estimate of drug-likeness (QED) is 0.457. The van der Waals surface area contributed by atoms with E-state index >= 15 is 0 Å². The number of rotatable bonds is 4. The van der Waals surface area contributed by atoms with Crippen molar-refractivity contribution in [3.8, 4) is 0 Å². The number of carbonyl (C=O) groups is 1. The second-order valence-corrected chi connectivity index (χ2v) is 3.07. The standard InChI is InChI=1S/C10H10N2O4/c11-9-6-8(12(15)16)5-4-7(9)2-1-3-10(13)14/h1-2,4-6H,3,11H2,(H,13,14). The van der Waals surface area contributed by atoms with Crippen LogP contribution in [0.2, 0.25) is 0 Å². The minimum absolute atomic E-state index is 0.0899. The van der Waals surface area contributed by atoms with Crippen molar-refractivity contribution < 1.29 is 14.8 Å². The van der Waals surface area contributed by atoms with Crippen LogP contribution in [0, 0.1) is 10.1 Å². The maximum Gasteiger partial charge on any atom is 0.307 e. The lowest BCUT2D eigenvalue weighted by molar-refractivity contribution is -0.384. The molecule has 1 aromatic carbocycles. The van der Waals surface area contributed by atoms with Gasteiger partial charge < -0.3 is 10.8 Å². The molecule has 16 heavy (non-hydrogen) atoms. The Morgan fingerprint density at radius 3 is 2.75 bits per heavy atom. The third-order valence-electron chi connectivity index (χ3n) is 1.87. The number of benzene rings is 1. The molecule has 0 atom stereocenters. The third-order valence-corrected chi connectivity index (χ3v) is 1.87. The van der Waals surface area contributed by atoms with Gasteiger partial charge >= 0.3 is 5.97 Å². The second-order valence-electron chi connectivity index (χ2n) is 3.07. The Morgan fingerprint density at radius 1 is 1.56 bits per heavy atom. The lowest BCUT2D eigenvalue weighted by Crippen LogP contribution is -1.94. The molecule has 0 aromatic heterocycles. The fourth-order valence-corrected chi connectivity index (χ4v) is 1.11. The summed E-state index contributed by atoms with van der Waals surface area (Å²) in [6.07, 6.45) is 2.84. The number of nitrogen functional groups attached to an aromatic ring is 1. The number of nitrogens with two attached hydrogens (primary N) is 1. The summed E-state index contributed by atoms with van der Waals surface area (Å²) in [7, 11) is 0. The molecule has 0 bridgehead atoms. The topological polar surface area (TPSA) is 106 Å². The van der Waals surface area contributed by atoms with Gasteiger partial charge in [-0.3, -0.25) is 14.9 Å². The Hall–Kier alpha value is -2.37. The summed E-state index contributed by atoms with van der Waals surface area (Å²) < 4.78 is 0. The van der Waals surface area contributed by atoms with Crippen molar-refractivity contribution in [3.05, 3.63) is 40.0 Å². The van der Waals surface area contributed by atoms with Gasteiger partial charge in [0.15, 0.2) is 0 Å². The Balaban J connectivity index is 2.87. The molecule has 0 saturated carbocycles. The summed E-state index contributed by atoms with van der Waals surface area (Å²) in [6.45, 7) is 0. The van der Waals surface area contributed by atoms with Crippen LogP contribution in [0.15, 0.2) is 24.3 Å². The highest BCUT2D eigenvalue weighted by Gasteiger charge is 2.06. The van der Waals surface area contributed by atoms with E-state index in [4.69, 9.17) is 10.8 Å². The fraction of sp³-hybridized carbons (Fsp3) is 0.100.